The van der Waals surface area contributed by atoms with Gasteiger partial charge in [0.2, 0.25) is 0 Å². The number of carbonyl (C=O) groups excluding carboxylic acids is 1. The number of hydrogen-bond acceptors (Lipinski definition) is 2. The number of rotatable bonds is 4. The molecule has 0 saturated heterocycles. The third-order valence-corrected chi connectivity index (χ3v) is 3.02. The van der Waals surface area contributed by atoms with E-state index in [9.17, 15) is 9.18 Å². The lowest BCUT2D eigenvalue weighted by Crippen LogP contribution is -2.23. The SMILES string of the molecule is CN(C)c1ccc(CNC(=O)c2ccccc2F)cc1. The summed E-state index contributed by atoms with van der Waals surface area (Å²) in [6.07, 6.45) is 0. The Labute approximate surface area is 118 Å². The Morgan fingerprint density at radius 1 is 1.10 bits per heavy atom. The number of anilines is 1. The largest absolute Gasteiger partial charge is 0.378 e. The fraction of sp³-hybridized carbons (Fsp3) is 0.188. The van der Waals surface area contributed by atoms with Crippen molar-refractivity contribution in [3.63, 3.8) is 0 Å². The molecular weight excluding hydrogens is 255 g/mol. The van der Waals surface area contributed by atoms with Crippen LogP contribution >= 0.6 is 0 Å². The first-order valence-corrected chi connectivity index (χ1v) is 6.37. The van der Waals surface area contributed by atoms with Gasteiger partial charge in [-0.3, -0.25) is 4.79 Å². The molecular formula is C16H17FN2O. The van der Waals surface area contributed by atoms with E-state index in [0.717, 1.165) is 11.3 Å². The van der Waals surface area contributed by atoms with Crippen molar-refractivity contribution in [2.24, 2.45) is 0 Å². The van der Waals surface area contributed by atoms with E-state index < -0.39 is 11.7 Å². The van der Waals surface area contributed by atoms with Gasteiger partial charge in [-0.1, -0.05) is 24.3 Å². The second-order valence-corrected chi connectivity index (χ2v) is 4.72. The van der Waals surface area contributed by atoms with E-state index in [0.29, 0.717) is 6.54 Å². The molecule has 0 aliphatic rings. The zero-order valence-electron chi connectivity index (χ0n) is 11.6. The van der Waals surface area contributed by atoms with Gasteiger partial charge in [0.05, 0.1) is 5.56 Å². The minimum Gasteiger partial charge on any atom is -0.378 e. The molecule has 0 unspecified atom stereocenters. The second-order valence-electron chi connectivity index (χ2n) is 4.72. The smallest absolute Gasteiger partial charge is 0.254 e. The second kappa shape index (κ2) is 6.19. The molecule has 1 amide bonds. The number of carbonyl (C=O) groups is 1. The highest BCUT2D eigenvalue weighted by molar-refractivity contribution is 5.94. The molecule has 0 aliphatic carbocycles. The number of halogens is 1. The minimum atomic E-state index is -0.507. The van der Waals surface area contributed by atoms with E-state index in [-0.39, 0.29) is 5.56 Å². The van der Waals surface area contributed by atoms with Gasteiger partial charge in [0.25, 0.3) is 5.91 Å². The summed E-state index contributed by atoms with van der Waals surface area (Å²) in [6.45, 7) is 0.376. The summed E-state index contributed by atoms with van der Waals surface area (Å²) in [6, 6.07) is 13.8. The Balaban J connectivity index is 1.98. The average molecular weight is 272 g/mol. The van der Waals surface area contributed by atoms with Crippen LogP contribution in [0.5, 0.6) is 0 Å². The summed E-state index contributed by atoms with van der Waals surface area (Å²) >= 11 is 0. The van der Waals surface area contributed by atoms with Crippen molar-refractivity contribution >= 4 is 11.6 Å². The molecule has 0 radical (unpaired) electrons. The Hall–Kier alpha value is -2.36. The zero-order valence-corrected chi connectivity index (χ0v) is 11.6. The van der Waals surface area contributed by atoms with Crippen LogP contribution in [-0.4, -0.2) is 20.0 Å². The van der Waals surface area contributed by atoms with Gasteiger partial charge in [0.1, 0.15) is 5.82 Å². The van der Waals surface area contributed by atoms with E-state index in [1.807, 2.05) is 43.3 Å². The molecule has 104 valence electrons. The van der Waals surface area contributed by atoms with Crippen molar-refractivity contribution < 1.29 is 9.18 Å². The number of hydrogen-bond donors (Lipinski definition) is 1. The molecule has 0 saturated carbocycles. The first-order chi connectivity index (χ1) is 9.58. The van der Waals surface area contributed by atoms with Crippen LogP contribution in [0.3, 0.4) is 0 Å². The van der Waals surface area contributed by atoms with E-state index in [1.165, 1.54) is 12.1 Å². The molecule has 0 atom stereocenters. The predicted molar refractivity (Wildman–Crippen MR) is 78.3 cm³/mol. The highest BCUT2D eigenvalue weighted by Crippen LogP contribution is 2.12. The molecule has 0 bridgehead atoms. The molecule has 0 aromatic heterocycles. The standard InChI is InChI=1S/C16H17FN2O/c1-19(2)13-9-7-12(8-10-13)11-18-16(20)14-5-3-4-6-15(14)17/h3-10H,11H2,1-2H3,(H,18,20). The van der Waals surface area contributed by atoms with Crippen LogP contribution < -0.4 is 10.2 Å². The van der Waals surface area contributed by atoms with Crippen LogP contribution in [0, 0.1) is 5.82 Å². The summed E-state index contributed by atoms with van der Waals surface area (Å²) < 4.78 is 13.4. The molecule has 20 heavy (non-hydrogen) atoms. The van der Waals surface area contributed by atoms with Gasteiger partial charge in [-0.05, 0) is 29.8 Å². The van der Waals surface area contributed by atoms with Gasteiger partial charge in [0.15, 0.2) is 0 Å². The van der Waals surface area contributed by atoms with Crippen LogP contribution in [0.2, 0.25) is 0 Å². The third kappa shape index (κ3) is 3.35. The monoisotopic (exact) mass is 272 g/mol. The van der Waals surface area contributed by atoms with Gasteiger partial charge in [0, 0.05) is 26.3 Å². The number of nitrogens with one attached hydrogen (secondary N) is 1. The maximum Gasteiger partial charge on any atom is 0.254 e. The molecule has 0 heterocycles. The van der Waals surface area contributed by atoms with Crippen molar-refractivity contribution in [1.29, 1.82) is 0 Å². The van der Waals surface area contributed by atoms with Crippen LogP contribution in [0.25, 0.3) is 0 Å². The van der Waals surface area contributed by atoms with Gasteiger partial charge < -0.3 is 10.2 Å². The molecule has 2 rings (SSSR count). The maximum absolute atomic E-state index is 13.4. The summed E-state index contributed by atoms with van der Waals surface area (Å²) in [5, 5.41) is 2.71. The highest BCUT2D eigenvalue weighted by Gasteiger charge is 2.09. The molecule has 2 aromatic rings. The van der Waals surface area contributed by atoms with Gasteiger partial charge in [-0.25, -0.2) is 4.39 Å². The Bertz CT molecular complexity index is 594. The quantitative estimate of drug-likeness (QED) is 0.928. The van der Waals surface area contributed by atoms with Gasteiger partial charge in [-0.2, -0.15) is 0 Å². The first-order valence-electron chi connectivity index (χ1n) is 6.37. The fourth-order valence-corrected chi connectivity index (χ4v) is 1.83. The summed E-state index contributed by atoms with van der Waals surface area (Å²) in [7, 11) is 3.93. The summed E-state index contributed by atoms with van der Waals surface area (Å²) in [5.41, 5.74) is 2.13. The number of amides is 1. The van der Waals surface area contributed by atoms with Crippen LogP contribution in [0.15, 0.2) is 48.5 Å². The molecule has 1 N–H and O–H groups in total. The van der Waals surface area contributed by atoms with Crippen LogP contribution in [0.1, 0.15) is 15.9 Å². The Morgan fingerprint density at radius 3 is 2.35 bits per heavy atom. The highest BCUT2D eigenvalue weighted by atomic mass is 19.1. The van der Waals surface area contributed by atoms with Crippen molar-refractivity contribution in [3.8, 4) is 0 Å². The lowest BCUT2D eigenvalue weighted by molar-refractivity contribution is 0.0947. The first kappa shape index (κ1) is 14.1. The summed E-state index contributed by atoms with van der Waals surface area (Å²) in [4.78, 5) is 13.9. The average Bonchev–Trinajstić information content (AvgIpc) is 2.45. The maximum atomic E-state index is 13.4. The van der Waals surface area contributed by atoms with Crippen LogP contribution in [-0.2, 0) is 6.54 Å². The molecule has 4 heteroatoms. The molecule has 2 aromatic carbocycles. The minimum absolute atomic E-state index is 0.0670. The third-order valence-electron chi connectivity index (χ3n) is 3.02. The zero-order chi connectivity index (χ0) is 14.5. The van der Waals surface area contributed by atoms with Gasteiger partial charge in [-0.15, -0.1) is 0 Å². The normalized spacial score (nSPS) is 10.2. The number of benzene rings is 2. The lowest BCUT2D eigenvalue weighted by Gasteiger charge is -2.13. The molecule has 3 nitrogen and oxygen atoms in total. The number of nitrogens with zero attached hydrogens (tertiary/aromatic N) is 1. The van der Waals surface area contributed by atoms with Crippen LogP contribution in [0.4, 0.5) is 10.1 Å². The van der Waals surface area contributed by atoms with Crippen molar-refractivity contribution in [2.75, 3.05) is 19.0 Å². The predicted octanol–water partition coefficient (Wildman–Crippen LogP) is 2.82. The molecule has 0 spiro atoms. The van der Waals surface area contributed by atoms with E-state index in [4.69, 9.17) is 0 Å². The molecule has 0 fully saturated rings. The van der Waals surface area contributed by atoms with E-state index in [1.54, 1.807) is 12.1 Å². The van der Waals surface area contributed by atoms with Crippen molar-refractivity contribution in [2.45, 2.75) is 6.54 Å². The van der Waals surface area contributed by atoms with E-state index in [2.05, 4.69) is 5.32 Å². The fourth-order valence-electron chi connectivity index (χ4n) is 1.83. The summed E-state index contributed by atoms with van der Waals surface area (Å²) in [5.74, 6) is -0.909. The lowest BCUT2D eigenvalue weighted by atomic mass is 10.1. The topological polar surface area (TPSA) is 32.3 Å². The van der Waals surface area contributed by atoms with Gasteiger partial charge >= 0.3 is 0 Å². The Morgan fingerprint density at radius 2 is 1.75 bits per heavy atom. The Kier molecular flexibility index (Phi) is 4.35. The van der Waals surface area contributed by atoms with Crippen molar-refractivity contribution in [1.82, 2.24) is 5.32 Å². The van der Waals surface area contributed by atoms with E-state index >= 15 is 0 Å². The van der Waals surface area contributed by atoms with Crippen molar-refractivity contribution in [3.05, 3.63) is 65.5 Å². The molecule has 0 aliphatic heterocycles.